The predicted octanol–water partition coefficient (Wildman–Crippen LogP) is 4.01. The molecule has 1 aliphatic carbocycles. The van der Waals surface area contributed by atoms with Gasteiger partial charge in [-0.2, -0.15) is 0 Å². The largest absolute Gasteiger partial charge is 0.487 e. The van der Waals surface area contributed by atoms with Crippen LogP contribution in [0.4, 0.5) is 4.39 Å². The van der Waals surface area contributed by atoms with Crippen molar-refractivity contribution in [2.24, 2.45) is 0 Å². The third kappa shape index (κ3) is 3.41. The summed E-state index contributed by atoms with van der Waals surface area (Å²) in [7, 11) is 0. The first kappa shape index (κ1) is 13.6. The van der Waals surface area contributed by atoms with Crippen molar-refractivity contribution in [3.8, 4) is 5.75 Å². The van der Waals surface area contributed by atoms with Crippen molar-refractivity contribution in [3.05, 3.63) is 52.1 Å². The summed E-state index contributed by atoms with van der Waals surface area (Å²) in [5.41, 5.74) is 0.981. The molecule has 1 N–H and O–H groups in total. The lowest BCUT2D eigenvalue weighted by Crippen LogP contribution is -2.16. The fourth-order valence-electron chi connectivity index (χ4n) is 1.92. The molecule has 0 atom stereocenters. The molecule has 1 aromatic carbocycles. The van der Waals surface area contributed by atoms with Crippen LogP contribution in [0.2, 0.25) is 0 Å². The Balaban J connectivity index is 1.62. The van der Waals surface area contributed by atoms with Crippen LogP contribution in [0, 0.1) is 5.82 Å². The number of hydrogen-bond donors (Lipinski definition) is 1. The number of benzene rings is 1. The smallest absolute Gasteiger partial charge is 0.136 e. The van der Waals surface area contributed by atoms with Gasteiger partial charge >= 0.3 is 0 Å². The van der Waals surface area contributed by atoms with E-state index in [-0.39, 0.29) is 5.82 Å². The highest BCUT2D eigenvalue weighted by molar-refractivity contribution is 9.10. The minimum absolute atomic E-state index is 0.314. The van der Waals surface area contributed by atoms with Gasteiger partial charge in [0.1, 0.15) is 23.9 Å². The molecule has 1 aromatic heterocycles. The van der Waals surface area contributed by atoms with Crippen LogP contribution in [0.5, 0.6) is 5.75 Å². The number of rotatable bonds is 6. The standard InChI is InChI=1S/C15H15BrFNO2/c16-13-4-1-11(17)7-14(13)20-9-10-5-6-19-15(10)8-18-12-2-3-12/h1,4-7,12,18H,2-3,8-9H2. The van der Waals surface area contributed by atoms with E-state index in [1.54, 1.807) is 12.3 Å². The average Bonchev–Trinajstić information content (AvgIpc) is 3.16. The normalized spacial score (nSPS) is 14.5. The minimum Gasteiger partial charge on any atom is -0.487 e. The van der Waals surface area contributed by atoms with Gasteiger partial charge < -0.3 is 14.5 Å². The maximum atomic E-state index is 13.2. The number of nitrogens with one attached hydrogen (secondary N) is 1. The highest BCUT2D eigenvalue weighted by atomic mass is 79.9. The van der Waals surface area contributed by atoms with Gasteiger partial charge in [0.2, 0.25) is 0 Å². The lowest BCUT2D eigenvalue weighted by molar-refractivity contribution is 0.298. The average molecular weight is 340 g/mol. The van der Waals surface area contributed by atoms with Gasteiger partial charge in [-0.25, -0.2) is 4.39 Å². The van der Waals surface area contributed by atoms with Crippen molar-refractivity contribution in [2.45, 2.75) is 32.0 Å². The van der Waals surface area contributed by atoms with E-state index in [1.165, 1.54) is 25.0 Å². The molecule has 1 saturated carbocycles. The summed E-state index contributed by atoms with van der Waals surface area (Å²) in [6.07, 6.45) is 4.13. The molecular weight excluding hydrogens is 325 g/mol. The molecule has 5 heteroatoms. The van der Waals surface area contributed by atoms with E-state index in [0.29, 0.717) is 24.9 Å². The monoisotopic (exact) mass is 339 g/mol. The van der Waals surface area contributed by atoms with E-state index in [9.17, 15) is 4.39 Å². The van der Waals surface area contributed by atoms with Crippen LogP contribution in [0.1, 0.15) is 24.2 Å². The topological polar surface area (TPSA) is 34.4 Å². The van der Waals surface area contributed by atoms with Crippen LogP contribution >= 0.6 is 15.9 Å². The SMILES string of the molecule is Fc1ccc(Br)c(OCc2ccoc2CNC2CC2)c1. The van der Waals surface area contributed by atoms with Crippen molar-refractivity contribution < 1.29 is 13.5 Å². The van der Waals surface area contributed by atoms with Gasteiger partial charge in [-0.3, -0.25) is 0 Å². The molecule has 1 heterocycles. The van der Waals surface area contributed by atoms with Crippen LogP contribution in [0.25, 0.3) is 0 Å². The lowest BCUT2D eigenvalue weighted by Gasteiger charge is -2.09. The van der Waals surface area contributed by atoms with Crippen molar-refractivity contribution in [1.82, 2.24) is 5.32 Å². The molecule has 0 aliphatic heterocycles. The van der Waals surface area contributed by atoms with E-state index in [0.717, 1.165) is 15.8 Å². The second-order valence-corrected chi connectivity index (χ2v) is 5.74. The van der Waals surface area contributed by atoms with Gasteiger partial charge in [0.15, 0.2) is 0 Å². The Morgan fingerprint density at radius 1 is 1.35 bits per heavy atom. The Hall–Kier alpha value is -1.33. The van der Waals surface area contributed by atoms with Crippen molar-refractivity contribution in [3.63, 3.8) is 0 Å². The molecule has 0 spiro atoms. The number of halogens is 2. The summed E-state index contributed by atoms with van der Waals surface area (Å²) in [5.74, 6) is 1.06. The zero-order valence-corrected chi connectivity index (χ0v) is 12.5. The van der Waals surface area contributed by atoms with Crippen molar-refractivity contribution in [1.29, 1.82) is 0 Å². The molecule has 1 aliphatic rings. The van der Waals surface area contributed by atoms with Gasteiger partial charge in [-0.05, 0) is 47.0 Å². The molecular formula is C15H15BrFNO2. The van der Waals surface area contributed by atoms with Crippen LogP contribution in [0.3, 0.4) is 0 Å². The van der Waals surface area contributed by atoms with Gasteiger partial charge in [0, 0.05) is 17.7 Å². The Morgan fingerprint density at radius 2 is 2.20 bits per heavy atom. The molecule has 20 heavy (non-hydrogen) atoms. The minimum atomic E-state index is -0.314. The molecule has 1 fully saturated rings. The first-order chi connectivity index (χ1) is 9.72. The fraction of sp³-hybridized carbons (Fsp3) is 0.333. The van der Waals surface area contributed by atoms with Crippen LogP contribution in [0.15, 0.2) is 39.4 Å². The van der Waals surface area contributed by atoms with E-state index in [2.05, 4.69) is 21.2 Å². The summed E-state index contributed by atoms with van der Waals surface area (Å²) in [5, 5.41) is 3.40. The van der Waals surface area contributed by atoms with E-state index >= 15 is 0 Å². The lowest BCUT2D eigenvalue weighted by atomic mass is 10.2. The summed E-state index contributed by atoms with van der Waals surface area (Å²) in [4.78, 5) is 0. The summed E-state index contributed by atoms with van der Waals surface area (Å²) >= 11 is 3.34. The molecule has 0 bridgehead atoms. The number of furan rings is 1. The molecule has 3 nitrogen and oxygen atoms in total. The van der Waals surface area contributed by atoms with E-state index < -0.39 is 0 Å². The number of ether oxygens (including phenoxy) is 1. The third-order valence-corrected chi connectivity index (χ3v) is 3.90. The Kier molecular flexibility index (Phi) is 4.08. The molecule has 0 radical (unpaired) electrons. The second-order valence-electron chi connectivity index (χ2n) is 4.89. The highest BCUT2D eigenvalue weighted by Crippen LogP contribution is 2.27. The van der Waals surface area contributed by atoms with Crippen molar-refractivity contribution >= 4 is 15.9 Å². The van der Waals surface area contributed by atoms with Gasteiger partial charge in [0.25, 0.3) is 0 Å². The van der Waals surface area contributed by atoms with E-state index in [1.807, 2.05) is 6.07 Å². The molecule has 0 unspecified atom stereocenters. The zero-order chi connectivity index (χ0) is 13.9. The van der Waals surface area contributed by atoms with E-state index in [4.69, 9.17) is 9.15 Å². The summed E-state index contributed by atoms with van der Waals surface area (Å²) in [6, 6.07) is 6.91. The van der Waals surface area contributed by atoms with Crippen LogP contribution in [-0.2, 0) is 13.2 Å². The first-order valence-electron chi connectivity index (χ1n) is 6.59. The maximum Gasteiger partial charge on any atom is 0.136 e. The molecule has 0 amide bonds. The quantitative estimate of drug-likeness (QED) is 0.863. The molecule has 106 valence electrons. The summed E-state index contributed by atoms with van der Waals surface area (Å²) < 4.78 is 25.0. The zero-order valence-electron chi connectivity index (χ0n) is 10.9. The highest BCUT2D eigenvalue weighted by Gasteiger charge is 2.21. The fourth-order valence-corrected chi connectivity index (χ4v) is 2.28. The molecule has 3 rings (SSSR count). The Bertz CT molecular complexity index is 595. The Labute approximate surface area is 125 Å². The predicted molar refractivity (Wildman–Crippen MR) is 77.0 cm³/mol. The van der Waals surface area contributed by atoms with Crippen molar-refractivity contribution in [2.75, 3.05) is 0 Å². The molecule has 0 saturated heterocycles. The van der Waals surface area contributed by atoms with Gasteiger partial charge in [-0.1, -0.05) is 0 Å². The second kappa shape index (κ2) is 5.97. The van der Waals surface area contributed by atoms with Gasteiger partial charge in [0.05, 0.1) is 17.3 Å². The Morgan fingerprint density at radius 3 is 3.00 bits per heavy atom. The number of hydrogen-bond acceptors (Lipinski definition) is 3. The van der Waals surface area contributed by atoms with Gasteiger partial charge in [-0.15, -0.1) is 0 Å². The third-order valence-electron chi connectivity index (χ3n) is 3.24. The van der Waals surface area contributed by atoms with Crippen LogP contribution in [-0.4, -0.2) is 6.04 Å². The summed E-state index contributed by atoms with van der Waals surface area (Å²) in [6.45, 7) is 1.07. The van der Waals surface area contributed by atoms with Crippen LogP contribution < -0.4 is 10.1 Å². The molecule has 2 aromatic rings. The first-order valence-corrected chi connectivity index (χ1v) is 7.38. The maximum absolute atomic E-state index is 13.2.